The average Bonchev–Trinajstić information content (AvgIpc) is 2.52. The Morgan fingerprint density at radius 1 is 1.27 bits per heavy atom. The van der Waals surface area contributed by atoms with E-state index in [9.17, 15) is 4.79 Å². The molecule has 1 saturated carbocycles. The molecule has 1 saturated heterocycles. The molecule has 1 heterocycles. The van der Waals surface area contributed by atoms with E-state index in [0.717, 1.165) is 5.92 Å². The lowest BCUT2D eigenvalue weighted by molar-refractivity contribution is -0.137. The van der Waals surface area contributed by atoms with E-state index in [2.05, 4.69) is 11.8 Å². The van der Waals surface area contributed by atoms with Crippen molar-refractivity contribution in [3.8, 4) is 0 Å². The van der Waals surface area contributed by atoms with Crippen molar-refractivity contribution in [1.29, 1.82) is 0 Å². The molecular formula is C13H23NO. The summed E-state index contributed by atoms with van der Waals surface area (Å²) in [6.45, 7) is 6.26. The average molecular weight is 209 g/mol. The van der Waals surface area contributed by atoms with Gasteiger partial charge in [0, 0.05) is 18.0 Å². The third-order valence-corrected chi connectivity index (χ3v) is 4.09. The van der Waals surface area contributed by atoms with E-state index in [1.54, 1.807) is 0 Å². The van der Waals surface area contributed by atoms with Crippen LogP contribution in [0.15, 0.2) is 0 Å². The minimum Gasteiger partial charge on any atom is -0.337 e. The van der Waals surface area contributed by atoms with Crippen molar-refractivity contribution in [3.63, 3.8) is 0 Å². The van der Waals surface area contributed by atoms with Crippen LogP contribution >= 0.6 is 0 Å². The Kier molecular flexibility index (Phi) is 3.03. The Balaban J connectivity index is 2.12. The number of amides is 1. The predicted molar refractivity (Wildman–Crippen MR) is 61.5 cm³/mol. The fourth-order valence-corrected chi connectivity index (χ4v) is 3.39. The standard InChI is InChI=1S/C13H23NO/c1-9(2)13(15)14-10(3)8-11-6-4-5-7-12(11)14/h9-12H,4-8H2,1-3H3. The maximum absolute atomic E-state index is 12.1. The Morgan fingerprint density at radius 2 is 1.93 bits per heavy atom. The van der Waals surface area contributed by atoms with Gasteiger partial charge < -0.3 is 4.90 Å². The number of hydrogen-bond donors (Lipinski definition) is 0. The molecule has 2 heteroatoms. The van der Waals surface area contributed by atoms with Crippen LogP contribution < -0.4 is 0 Å². The van der Waals surface area contributed by atoms with E-state index < -0.39 is 0 Å². The van der Waals surface area contributed by atoms with E-state index in [1.807, 2.05) is 13.8 Å². The number of hydrogen-bond acceptors (Lipinski definition) is 1. The summed E-state index contributed by atoms with van der Waals surface area (Å²) >= 11 is 0. The molecule has 0 bridgehead atoms. The second-order valence-electron chi connectivity index (χ2n) is 5.60. The quantitative estimate of drug-likeness (QED) is 0.650. The van der Waals surface area contributed by atoms with Crippen LogP contribution in [0.3, 0.4) is 0 Å². The number of carbonyl (C=O) groups is 1. The number of fused-ring (bicyclic) bond motifs is 1. The van der Waals surface area contributed by atoms with Crippen LogP contribution in [-0.2, 0) is 4.79 Å². The van der Waals surface area contributed by atoms with E-state index in [1.165, 1.54) is 32.1 Å². The first kappa shape index (κ1) is 11.0. The molecule has 0 radical (unpaired) electrons. The van der Waals surface area contributed by atoms with Crippen LogP contribution in [0.2, 0.25) is 0 Å². The van der Waals surface area contributed by atoms with Gasteiger partial charge >= 0.3 is 0 Å². The van der Waals surface area contributed by atoms with Crippen molar-refractivity contribution in [2.45, 2.75) is 65.0 Å². The fourth-order valence-electron chi connectivity index (χ4n) is 3.39. The molecule has 15 heavy (non-hydrogen) atoms. The van der Waals surface area contributed by atoms with Crippen LogP contribution in [0.4, 0.5) is 0 Å². The van der Waals surface area contributed by atoms with E-state index in [4.69, 9.17) is 0 Å². The smallest absolute Gasteiger partial charge is 0.225 e. The first-order valence-corrected chi connectivity index (χ1v) is 6.43. The summed E-state index contributed by atoms with van der Waals surface area (Å²) in [5.74, 6) is 1.33. The molecule has 0 aromatic heterocycles. The molecule has 2 rings (SSSR count). The second-order valence-corrected chi connectivity index (χ2v) is 5.60. The largest absolute Gasteiger partial charge is 0.337 e. The summed E-state index contributed by atoms with van der Waals surface area (Å²) in [6.07, 6.45) is 6.51. The summed E-state index contributed by atoms with van der Waals surface area (Å²) in [5.41, 5.74) is 0. The molecule has 2 nitrogen and oxygen atoms in total. The number of rotatable bonds is 1. The van der Waals surface area contributed by atoms with Gasteiger partial charge in [-0.3, -0.25) is 4.79 Å². The van der Waals surface area contributed by atoms with Gasteiger partial charge in [0.25, 0.3) is 0 Å². The number of likely N-dealkylation sites (tertiary alicyclic amines) is 1. The zero-order valence-corrected chi connectivity index (χ0v) is 10.2. The maximum atomic E-state index is 12.1. The Morgan fingerprint density at radius 3 is 2.60 bits per heavy atom. The third kappa shape index (κ3) is 1.91. The minimum atomic E-state index is 0.160. The molecule has 1 aliphatic carbocycles. The highest BCUT2D eigenvalue weighted by atomic mass is 16.2. The van der Waals surface area contributed by atoms with Crippen LogP contribution in [0.25, 0.3) is 0 Å². The molecule has 0 spiro atoms. The predicted octanol–water partition coefficient (Wildman–Crippen LogP) is 2.82. The fraction of sp³-hybridized carbons (Fsp3) is 0.923. The number of nitrogens with zero attached hydrogens (tertiary/aromatic N) is 1. The van der Waals surface area contributed by atoms with E-state index in [-0.39, 0.29) is 5.92 Å². The lowest BCUT2D eigenvalue weighted by Gasteiger charge is -2.34. The topological polar surface area (TPSA) is 20.3 Å². The normalized spacial score (nSPS) is 35.7. The van der Waals surface area contributed by atoms with Gasteiger partial charge in [-0.15, -0.1) is 0 Å². The molecular weight excluding hydrogens is 186 g/mol. The molecule has 2 fully saturated rings. The maximum Gasteiger partial charge on any atom is 0.225 e. The second kappa shape index (κ2) is 4.15. The van der Waals surface area contributed by atoms with Gasteiger partial charge in [-0.25, -0.2) is 0 Å². The first-order valence-electron chi connectivity index (χ1n) is 6.43. The highest BCUT2D eigenvalue weighted by Crippen LogP contribution is 2.40. The van der Waals surface area contributed by atoms with Gasteiger partial charge in [0.2, 0.25) is 5.91 Å². The molecule has 0 aromatic rings. The van der Waals surface area contributed by atoms with Crippen LogP contribution in [0.5, 0.6) is 0 Å². The lowest BCUT2D eigenvalue weighted by atomic mass is 9.84. The monoisotopic (exact) mass is 209 g/mol. The summed E-state index contributed by atoms with van der Waals surface area (Å²) in [7, 11) is 0. The number of carbonyl (C=O) groups excluding carboxylic acids is 1. The SMILES string of the molecule is CC(C)C(=O)N1C(C)CC2CCCCC21. The molecule has 2 aliphatic rings. The summed E-state index contributed by atoms with van der Waals surface area (Å²) in [4.78, 5) is 14.3. The van der Waals surface area contributed by atoms with Crippen molar-refractivity contribution >= 4 is 5.91 Å². The van der Waals surface area contributed by atoms with Crippen molar-refractivity contribution in [2.24, 2.45) is 11.8 Å². The van der Waals surface area contributed by atoms with Crippen LogP contribution in [-0.4, -0.2) is 22.9 Å². The van der Waals surface area contributed by atoms with Gasteiger partial charge in [0.1, 0.15) is 0 Å². The summed E-state index contributed by atoms with van der Waals surface area (Å²) in [6, 6.07) is 1.05. The molecule has 86 valence electrons. The highest BCUT2D eigenvalue weighted by molar-refractivity contribution is 5.79. The van der Waals surface area contributed by atoms with Gasteiger partial charge in [-0.2, -0.15) is 0 Å². The first-order chi connectivity index (χ1) is 7.11. The molecule has 3 unspecified atom stereocenters. The molecule has 3 atom stereocenters. The van der Waals surface area contributed by atoms with Crippen molar-refractivity contribution in [1.82, 2.24) is 4.90 Å². The van der Waals surface area contributed by atoms with Crippen LogP contribution in [0, 0.1) is 11.8 Å². The zero-order chi connectivity index (χ0) is 11.0. The van der Waals surface area contributed by atoms with Gasteiger partial charge in [-0.05, 0) is 32.1 Å². The Bertz CT molecular complexity index is 249. The van der Waals surface area contributed by atoms with E-state index >= 15 is 0 Å². The molecule has 1 aliphatic heterocycles. The Hall–Kier alpha value is -0.530. The molecule has 1 amide bonds. The minimum absolute atomic E-state index is 0.160. The van der Waals surface area contributed by atoms with Crippen molar-refractivity contribution in [3.05, 3.63) is 0 Å². The van der Waals surface area contributed by atoms with E-state index in [0.29, 0.717) is 18.0 Å². The van der Waals surface area contributed by atoms with Crippen molar-refractivity contribution in [2.75, 3.05) is 0 Å². The lowest BCUT2D eigenvalue weighted by Crippen LogP contribution is -2.44. The summed E-state index contributed by atoms with van der Waals surface area (Å²) in [5, 5.41) is 0. The highest BCUT2D eigenvalue weighted by Gasteiger charge is 2.42. The molecule has 0 aromatic carbocycles. The van der Waals surface area contributed by atoms with Gasteiger partial charge in [0.05, 0.1) is 0 Å². The third-order valence-electron chi connectivity index (χ3n) is 4.09. The van der Waals surface area contributed by atoms with Gasteiger partial charge in [-0.1, -0.05) is 26.7 Å². The summed E-state index contributed by atoms with van der Waals surface area (Å²) < 4.78 is 0. The van der Waals surface area contributed by atoms with Crippen molar-refractivity contribution < 1.29 is 4.79 Å². The van der Waals surface area contributed by atoms with Crippen LogP contribution in [0.1, 0.15) is 52.9 Å². The Labute approximate surface area is 93.0 Å². The zero-order valence-electron chi connectivity index (χ0n) is 10.2. The molecule has 0 N–H and O–H groups in total. The van der Waals surface area contributed by atoms with Gasteiger partial charge in [0.15, 0.2) is 0 Å².